The van der Waals surface area contributed by atoms with E-state index in [0.717, 1.165) is 56.9 Å². The maximum Gasteiger partial charge on any atom is 0.259 e. The smallest absolute Gasteiger partial charge is 0.259 e. The molecule has 28 heavy (non-hydrogen) atoms. The number of hydrogen-bond acceptors (Lipinski definition) is 5. The van der Waals surface area contributed by atoms with E-state index in [0.29, 0.717) is 17.9 Å². The van der Waals surface area contributed by atoms with Gasteiger partial charge in [-0.25, -0.2) is 4.98 Å². The molecule has 0 spiro atoms. The first-order valence-electron chi connectivity index (χ1n) is 10.2. The van der Waals surface area contributed by atoms with Crippen LogP contribution in [0, 0.1) is 0 Å². The number of aromatic nitrogens is 1. The van der Waals surface area contributed by atoms with Crippen LogP contribution in [0.15, 0.2) is 42.6 Å². The Bertz CT molecular complexity index is 799. The number of hydrogen-bond donors (Lipinski definition) is 1. The Balaban J connectivity index is 1.43. The molecular formula is C22H27N3O3. The summed E-state index contributed by atoms with van der Waals surface area (Å²) >= 11 is 0. The summed E-state index contributed by atoms with van der Waals surface area (Å²) in [7, 11) is 0. The van der Waals surface area contributed by atoms with E-state index in [2.05, 4.69) is 15.2 Å². The molecule has 1 amide bonds. The number of pyridine rings is 1. The molecule has 0 aliphatic carbocycles. The normalized spacial score (nSPS) is 19.4. The molecular weight excluding hydrogens is 354 g/mol. The second kappa shape index (κ2) is 9.06. The molecule has 148 valence electrons. The van der Waals surface area contributed by atoms with Crippen LogP contribution in [0.25, 0.3) is 0 Å². The molecule has 1 aromatic heterocycles. The van der Waals surface area contributed by atoms with Crippen molar-refractivity contribution < 1.29 is 14.3 Å². The molecule has 0 radical (unpaired) electrons. The third kappa shape index (κ3) is 4.62. The number of benzene rings is 1. The Hall–Kier alpha value is -2.60. The van der Waals surface area contributed by atoms with Gasteiger partial charge in [0.2, 0.25) is 0 Å². The van der Waals surface area contributed by atoms with Crippen molar-refractivity contribution in [3.05, 3.63) is 48.2 Å². The predicted octanol–water partition coefficient (Wildman–Crippen LogP) is 3.88. The number of amides is 1. The van der Waals surface area contributed by atoms with Crippen LogP contribution in [0.5, 0.6) is 5.75 Å². The van der Waals surface area contributed by atoms with Crippen molar-refractivity contribution in [2.75, 3.05) is 36.5 Å². The second-order valence-corrected chi connectivity index (χ2v) is 7.35. The summed E-state index contributed by atoms with van der Waals surface area (Å²) in [4.78, 5) is 19.6. The van der Waals surface area contributed by atoms with E-state index in [9.17, 15) is 4.79 Å². The fourth-order valence-electron chi connectivity index (χ4n) is 3.76. The van der Waals surface area contributed by atoms with Crippen LogP contribution in [-0.4, -0.2) is 43.3 Å². The average molecular weight is 381 g/mol. The van der Waals surface area contributed by atoms with Crippen LogP contribution < -0.4 is 15.0 Å². The minimum atomic E-state index is -0.148. The summed E-state index contributed by atoms with van der Waals surface area (Å²) in [6.07, 6.45) is 7.57. The summed E-state index contributed by atoms with van der Waals surface area (Å²) in [5, 5.41) is 2.99. The van der Waals surface area contributed by atoms with E-state index in [1.807, 2.05) is 36.4 Å². The van der Waals surface area contributed by atoms with Gasteiger partial charge in [0.1, 0.15) is 18.2 Å². The monoisotopic (exact) mass is 381 g/mol. The number of anilines is 2. The zero-order valence-corrected chi connectivity index (χ0v) is 16.1. The third-order valence-electron chi connectivity index (χ3n) is 5.24. The van der Waals surface area contributed by atoms with Crippen molar-refractivity contribution in [2.45, 2.75) is 38.2 Å². The van der Waals surface area contributed by atoms with Crippen LogP contribution >= 0.6 is 0 Å². The van der Waals surface area contributed by atoms with E-state index in [4.69, 9.17) is 9.47 Å². The van der Waals surface area contributed by atoms with Gasteiger partial charge in [0.25, 0.3) is 5.91 Å². The average Bonchev–Trinajstić information content (AvgIpc) is 3.27. The lowest BCUT2D eigenvalue weighted by Gasteiger charge is -2.29. The molecule has 0 saturated carbocycles. The first-order chi connectivity index (χ1) is 13.8. The summed E-state index contributed by atoms with van der Waals surface area (Å²) < 4.78 is 11.4. The fraction of sp³-hybridized carbons (Fsp3) is 0.455. The molecule has 2 aromatic rings. The maximum atomic E-state index is 12.9. The van der Waals surface area contributed by atoms with Gasteiger partial charge in [0.15, 0.2) is 0 Å². The third-order valence-corrected chi connectivity index (χ3v) is 5.24. The van der Waals surface area contributed by atoms with E-state index >= 15 is 0 Å². The van der Waals surface area contributed by atoms with E-state index in [1.165, 1.54) is 6.42 Å². The van der Waals surface area contributed by atoms with Crippen molar-refractivity contribution in [1.29, 1.82) is 0 Å². The number of nitrogens with one attached hydrogen (secondary N) is 1. The van der Waals surface area contributed by atoms with E-state index < -0.39 is 0 Å². The molecule has 3 heterocycles. The number of carbonyl (C=O) groups is 1. The zero-order valence-electron chi connectivity index (χ0n) is 16.1. The van der Waals surface area contributed by atoms with Crippen LogP contribution in [0.4, 0.5) is 11.5 Å². The molecule has 1 atom stereocenters. The zero-order chi connectivity index (χ0) is 19.2. The minimum absolute atomic E-state index is 0.148. The summed E-state index contributed by atoms with van der Waals surface area (Å²) in [5.74, 6) is 1.35. The maximum absolute atomic E-state index is 12.9. The molecule has 4 rings (SSSR count). The second-order valence-electron chi connectivity index (χ2n) is 7.35. The van der Waals surface area contributed by atoms with Crippen LogP contribution in [0.1, 0.15) is 42.5 Å². The molecule has 6 heteroatoms. The Kier molecular flexibility index (Phi) is 6.07. The van der Waals surface area contributed by atoms with Gasteiger partial charge in [0.05, 0.1) is 11.7 Å². The standard InChI is InChI=1S/C22H27N3O3/c26-22(20-10-5-11-23-21(20)25-12-2-1-3-13-25)24-17-7-4-8-18(15-17)28-16-19-9-6-14-27-19/h4-5,7-8,10-11,15,19H,1-3,6,9,12-14,16H2,(H,24,26)/t19-/m0/s1. The number of carbonyl (C=O) groups excluding carboxylic acids is 1. The van der Waals surface area contributed by atoms with Gasteiger partial charge in [-0.1, -0.05) is 6.07 Å². The van der Waals surface area contributed by atoms with Gasteiger partial charge in [-0.15, -0.1) is 0 Å². The number of rotatable bonds is 6. The van der Waals surface area contributed by atoms with Gasteiger partial charge in [0, 0.05) is 37.6 Å². The molecule has 0 bridgehead atoms. The number of nitrogens with zero attached hydrogens (tertiary/aromatic N) is 2. The molecule has 1 aromatic carbocycles. The Labute approximate surface area is 165 Å². The fourth-order valence-corrected chi connectivity index (χ4v) is 3.76. The molecule has 2 aliphatic heterocycles. The van der Waals surface area contributed by atoms with Crippen LogP contribution in [0.2, 0.25) is 0 Å². The van der Waals surface area contributed by atoms with Gasteiger partial charge in [-0.2, -0.15) is 0 Å². The van der Waals surface area contributed by atoms with Gasteiger partial charge in [-0.05, 0) is 56.4 Å². The quantitative estimate of drug-likeness (QED) is 0.823. The lowest BCUT2D eigenvalue weighted by molar-refractivity contribution is 0.0680. The van der Waals surface area contributed by atoms with Crippen LogP contribution in [0.3, 0.4) is 0 Å². The highest BCUT2D eigenvalue weighted by atomic mass is 16.5. The molecule has 2 aliphatic rings. The molecule has 2 fully saturated rings. The lowest BCUT2D eigenvalue weighted by atomic mass is 10.1. The Morgan fingerprint density at radius 1 is 1.18 bits per heavy atom. The minimum Gasteiger partial charge on any atom is -0.491 e. The predicted molar refractivity (Wildman–Crippen MR) is 109 cm³/mol. The molecule has 6 nitrogen and oxygen atoms in total. The Morgan fingerprint density at radius 2 is 2.07 bits per heavy atom. The SMILES string of the molecule is O=C(Nc1cccc(OC[C@@H]2CCCO2)c1)c1cccnc1N1CCCCC1. The first kappa shape index (κ1) is 18.7. The van der Waals surface area contributed by atoms with E-state index in [-0.39, 0.29) is 12.0 Å². The topological polar surface area (TPSA) is 63.7 Å². The Morgan fingerprint density at radius 3 is 2.89 bits per heavy atom. The number of ether oxygens (including phenoxy) is 2. The summed E-state index contributed by atoms with van der Waals surface area (Å²) in [6.45, 7) is 3.25. The molecule has 1 N–H and O–H groups in total. The number of piperidine rings is 1. The van der Waals surface area contributed by atoms with Gasteiger partial charge < -0.3 is 19.7 Å². The van der Waals surface area contributed by atoms with Gasteiger partial charge in [-0.3, -0.25) is 4.79 Å². The van der Waals surface area contributed by atoms with Crippen molar-refractivity contribution in [3.8, 4) is 5.75 Å². The van der Waals surface area contributed by atoms with E-state index in [1.54, 1.807) is 6.20 Å². The molecule has 2 saturated heterocycles. The first-order valence-corrected chi connectivity index (χ1v) is 10.2. The van der Waals surface area contributed by atoms with Crippen molar-refractivity contribution >= 4 is 17.4 Å². The molecule has 0 unspecified atom stereocenters. The van der Waals surface area contributed by atoms with Gasteiger partial charge >= 0.3 is 0 Å². The largest absolute Gasteiger partial charge is 0.491 e. The summed E-state index contributed by atoms with van der Waals surface area (Å²) in [5.41, 5.74) is 1.32. The van der Waals surface area contributed by atoms with Crippen LogP contribution in [-0.2, 0) is 4.74 Å². The van der Waals surface area contributed by atoms with Crippen molar-refractivity contribution in [3.63, 3.8) is 0 Å². The highest BCUT2D eigenvalue weighted by Crippen LogP contribution is 2.24. The highest BCUT2D eigenvalue weighted by molar-refractivity contribution is 6.07. The summed E-state index contributed by atoms with van der Waals surface area (Å²) in [6, 6.07) is 11.1. The lowest BCUT2D eigenvalue weighted by Crippen LogP contribution is -2.32. The highest BCUT2D eigenvalue weighted by Gasteiger charge is 2.20. The van der Waals surface area contributed by atoms with Crippen molar-refractivity contribution in [1.82, 2.24) is 4.98 Å². The van der Waals surface area contributed by atoms with Crippen molar-refractivity contribution in [2.24, 2.45) is 0 Å².